The first kappa shape index (κ1) is 90.1. The number of hydrogen-bond acceptors (Lipinski definition) is 19. The monoisotopic (exact) mass is 1500 g/mol. The Kier molecular flexibility index (Phi) is 39.3. The smallest absolute Gasteiger partial charge is 0.334 e. The second-order valence-electron chi connectivity index (χ2n) is 28.9. The van der Waals surface area contributed by atoms with E-state index >= 15 is 0 Å². The molecule has 596 valence electrons. The Labute approximate surface area is 625 Å². The molecule has 18 N–H and O–H groups in total. The third-order valence-corrected chi connectivity index (χ3v) is 19.1. The molecule has 5 rings (SSSR count). The summed E-state index contributed by atoms with van der Waals surface area (Å²) in [5, 5.41) is 74.6. The Morgan fingerprint density at radius 3 is 1.70 bits per heavy atom. The lowest BCUT2D eigenvalue weighted by molar-refractivity contribution is -0.144. The lowest BCUT2D eigenvalue weighted by Crippen LogP contribution is -2.62. The van der Waals surface area contributed by atoms with Gasteiger partial charge in [0.15, 0.2) is 0 Å². The number of benzene rings is 2. The number of carboxylic acids is 2. The molecule has 2 bridgehead atoms. The minimum atomic E-state index is -1.99. The fourth-order valence-corrected chi connectivity index (χ4v) is 12.5. The van der Waals surface area contributed by atoms with Crippen LogP contribution in [-0.4, -0.2) is 199 Å². The van der Waals surface area contributed by atoms with Gasteiger partial charge in [0.25, 0.3) is 0 Å². The quantitative estimate of drug-likeness (QED) is 0.0199. The molecule has 1 saturated heterocycles. The van der Waals surface area contributed by atoms with Gasteiger partial charge in [0.05, 0.1) is 18.6 Å². The Hall–Kier alpha value is -9.30. The first-order valence-electron chi connectivity index (χ1n) is 37.6. The van der Waals surface area contributed by atoms with Crippen LogP contribution in [0, 0.1) is 17.8 Å². The summed E-state index contributed by atoms with van der Waals surface area (Å²) in [7, 11) is 0. The largest absolute Gasteiger partial charge is 0.508 e. The van der Waals surface area contributed by atoms with Crippen LogP contribution in [-0.2, 0) is 80.0 Å². The van der Waals surface area contributed by atoms with Gasteiger partial charge in [0, 0.05) is 38.6 Å². The van der Waals surface area contributed by atoms with Crippen LogP contribution < -0.4 is 64.1 Å². The number of aliphatic hydroxyl groups is 2. The predicted octanol–water partition coefficient (Wildman–Crippen LogP) is 1.97. The summed E-state index contributed by atoms with van der Waals surface area (Å²) in [5.74, 6) is -15.4. The average molecular weight is 1510 g/mol. The van der Waals surface area contributed by atoms with Crippen molar-refractivity contribution in [3.8, 4) is 11.5 Å². The third kappa shape index (κ3) is 32.4. The van der Waals surface area contributed by atoms with E-state index in [0.29, 0.717) is 30.7 Å². The Bertz CT molecular complexity index is 3280. The van der Waals surface area contributed by atoms with E-state index in [9.17, 15) is 92.7 Å². The number of nitrogens with one attached hydrogen (secondary N) is 9. The summed E-state index contributed by atoms with van der Waals surface area (Å²) >= 11 is 0. The summed E-state index contributed by atoms with van der Waals surface area (Å²) in [6.07, 6.45) is 4.05. The normalized spacial score (nSPS) is 21.8. The van der Waals surface area contributed by atoms with E-state index in [2.05, 4.69) is 61.7 Å². The highest BCUT2D eigenvalue weighted by Gasteiger charge is 2.43. The molecule has 0 aromatic heterocycles. The Morgan fingerprint density at radius 1 is 0.589 bits per heavy atom. The van der Waals surface area contributed by atoms with Gasteiger partial charge in [-0.05, 0) is 118 Å². The summed E-state index contributed by atoms with van der Waals surface area (Å²) in [4.78, 5) is 196. The number of unbranched alkanes of at least 4 members (excludes halogenated alkanes) is 8. The molecule has 0 radical (unpaired) electrons. The number of aliphatic hydroxyl groups excluding tert-OH is 2. The van der Waals surface area contributed by atoms with Gasteiger partial charge in [-0.15, -0.1) is 0 Å². The number of phenols is 1. The maximum atomic E-state index is 14.9. The van der Waals surface area contributed by atoms with Crippen molar-refractivity contribution >= 4 is 82.9 Å². The molecule has 1 unspecified atom stereocenters. The molecule has 1 fully saturated rings. The topological polar surface area (TPSA) is 513 Å². The number of rotatable bonds is 37. The van der Waals surface area contributed by atoms with Crippen molar-refractivity contribution in [2.24, 2.45) is 29.2 Å². The van der Waals surface area contributed by atoms with Crippen molar-refractivity contribution in [3.63, 3.8) is 0 Å². The van der Waals surface area contributed by atoms with Crippen LogP contribution in [0.5, 0.6) is 11.5 Å². The summed E-state index contributed by atoms with van der Waals surface area (Å²) < 4.78 is 5.84. The zero-order chi connectivity index (χ0) is 79.4. The van der Waals surface area contributed by atoms with E-state index in [4.69, 9.17) is 16.2 Å². The number of primary amides is 1. The molecule has 0 spiro atoms. The molecule has 107 heavy (non-hydrogen) atoms. The fraction of sp³-hybridized carbons (Fsp3) is 0.653. The number of amides is 11. The van der Waals surface area contributed by atoms with Crippen molar-refractivity contribution in [3.05, 3.63) is 59.7 Å². The van der Waals surface area contributed by atoms with E-state index in [1.54, 1.807) is 27.7 Å². The minimum absolute atomic E-state index is 0.0235. The van der Waals surface area contributed by atoms with Gasteiger partial charge in [-0.2, -0.15) is 0 Å². The Morgan fingerprint density at radius 2 is 1.13 bits per heavy atom. The van der Waals surface area contributed by atoms with Gasteiger partial charge in [0.1, 0.15) is 71.9 Å². The number of esters is 1. The molecule has 2 aromatic carbocycles. The minimum Gasteiger partial charge on any atom is -0.508 e. The molecule has 11 amide bonds. The van der Waals surface area contributed by atoms with Crippen LogP contribution >= 0.6 is 0 Å². The van der Waals surface area contributed by atoms with Crippen molar-refractivity contribution in [1.82, 2.24) is 52.8 Å². The summed E-state index contributed by atoms with van der Waals surface area (Å²) in [5.41, 5.74) is 12.1. The SMILES string of the molecule is CC[C@H](C)[C@@H]1NC(=O)[C@H](Cc2ccc(O)cc2)NC(=O)[C@H](CCC(N)=O)NC(=O)[C@@H]2CCCN2C(=O)[C@@H](C(C)C)NC(=O)[C@H](CCC(=O)O)NC(=O)[C@H]([C@@H](C)O)NC(=O)[C@@H](NC(=O)[C@H](CCCN)NC(=O)[C@H](CCC(=O)O)NC(=O)CC(O)CCCCCCCCCCCC(C)C)Cc2ccc(cc2)OC1=O. The van der Waals surface area contributed by atoms with E-state index in [1.165, 1.54) is 74.2 Å². The molecule has 0 saturated carbocycles. The lowest BCUT2D eigenvalue weighted by Gasteiger charge is -2.32. The maximum Gasteiger partial charge on any atom is 0.334 e. The van der Waals surface area contributed by atoms with Crippen molar-refractivity contribution in [2.75, 3.05) is 13.1 Å². The zero-order valence-corrected chi connectivity index (χ0v) is 62.8. The molecule has 3 heterocycles. The zero-order valence-electron chi connectivity index (χ0n) is 62.8. The van der Waals surface area contributed by atoms with E-state index in [0.717, 1.165) is 43.9 Å². The highest BCUT2D eigenvalue weighted by atomic mass is 16.5. The number of aromatic hydroxyl groups is 1. The van der Waals surface area contributed by atoms with Crippen LogP contribution in [0.15, 0.2) is 48.5 Å². The number of nitrogens with zero attached hydrogens (tertiary/aromatic N) is 1. The average Bonchev–Trinajstić information content (AvgIpc) is 1.77. The van der Waals surface area contributed by atoms with Gasteiger partial charge < -0.3 is 94.5 Å². The molecule has 2 aromatic rings. The van der Waals surface area contributed by atoms with Crippen LogP contribution in [0.4, 0.5) is 0 Å². The van der Waals surface area contributed by atoms with Crippen LogP contribution in [0.1, 0.15) is 207 Å². The van der Waals surface area contributed by atoms with Crippen LogP contribution in [0.25, 0.3) is 0 Å². The Balaban J connectivity index is 1.77. The van der Waals surface area contributed by atoms with E-state index in [-0.39, 0.29) is 62.3 Å². The maximum absolute atomic E-state index is 14.9. The molecule has 3 aliphatic rings. The van der Waals surface area contributed by atoms with Crippen molar-refractivity contribution < 1.29 is 97.4 Å². The number of fused-ring (bicyclic) bond motifs is 23. The molecule has 3 aliphatic heterocycles. The van der Waals surface area contributed by atoms with E-state index in [1.807, 2.05) is 0 Å². The molecular weight excluding hydrogens is 1390 g/mol. The number of carbonyl (C=O) groups excluding carboxylic acids is 12. The van der Waals surface area contributed by atoms with Gasteiger partial charge >= 0.3 is 17.9 Å². The van der Waals surface area contributed by atoms with Crippen LogP contribution in [0.3, 0.4) is 0 Å². The number of aliphatic carboxylic acids is 2. The highest BCUT2D eigenvalue weighted by molar-refractivity contribution is 6.00. The second-order valence-corrected chi connectivity index (χ2v) is 28.9. The van der Waals surface area contributed by atoms with Gasteiger partial charge in [-0.25, -0.2) is 4.79 Å². The fourth-order valence-electron chi connectivity index (χ4n) is 12.5. The molecule has 32 nitrogen and oxygen atoms in total. The number of nitrogens with two attached hydrogens (primary N) is 2. The first-order chi connectivity index (χ1) is 50.7. The first-order valence-corrected chi connectivity index (χ1v) is 37.6. The van der Waals surface area contributed by atoms with E-state index < -0.39 is 219 Å². The van der Waals surface area contributed by atoms with Gasteiger partial charge in [0.2, 0.25) is 65.0 Å². The molecule has 32 heteroatoms. The molecule has 0 aliphatic carbocycles. The van der Waals surface area contributed by atoms with Crippen molar-refractivity contribution in [1.29, 1.82) is 0 Å². The molecular formula is C75H116N12O20. The standard InChI is InChI=1S/C75H116N12O20/c1-8-45(6)64-75(106)107-51-30-26-48(27-31-51)41-57(82-66(97)52(22-18-38-76)79-67(98)53(33-36-61(93)94)78-60(92)42-50(90)21-17-15-13-11-9-10-12-14-16-20-43(2)3)71(102)86-65(46(7)88)73(104)81-55(34-37-62(95)96)69(100)84-63(44(4)5)74(105)87-39-19-23-58(87)72(103)80-54(32-35-59(77)91)68(99)83-56(70(101)85-64)40-47-24-28-49(89)29-25-47/h24-31,43-46,50,52-58,63-65,88-90H,8-23,32-42,76H2,1-7H3,(H2,77,91)(H,78,92)(H,79,98)(H,80,103)(H,81,104)(H,82,97)(H,83,99)(H,84,100)(H,85,101)(H,86,102)(H,93,94)(H,95,96)/t45-,46+,50?,52-,53-,54-,55-,56-,57-,58-,63+,64-,65-/m0/s1. The lowest BCUT2D eigenvalue weighted by atomic mass is 9.97. The number of carboxylic acid groups (broad SMARTS) is 2. The summed E-state index contributed by atoms with van der Waals surface area (Å²) in [6, 6.07) is -4.88. The number of ether oxygens (including phenoxy) is 1. The number of phenolic OH excluding ortho intramolecular Hbond substituents is 1. The van der Waals surface area contributed by atoms with Gasteiger partial charge in [-0.1, -0.05) is 136 Å². The highest BCUT2D eigenvalue weighted by Crippen LogP contribution is 2.24. The van der Waals surface area contributed by atoms with Crippen molar-refractivity contribution in [2.45, 2.75) is 282 Å². The number of hydrogen-bond donors (Lipinski definition) is 16. The van der Waals surface area contributed by atoms with Crippen LogP contribution in [0.2, 0.25) is 0 Å². The number of carbonyl (C=O) groups is 14. The third-order valence-electron chi connectivity index (χ3n) is 19.1. The molecule has 13 atom stereocenters. The second kappa shape index (κ2) is 46.7. The predicted molar refractivity (Wildman–Crippen MR) is 392 cm³/mol. The van der Waals surface area contributed by atoms with Gasteiger partial charge in [-0.3, -0.25) is 62.3 Å². The summed E-state index contributed by atoms with van der Waals surface area (Å²) in [6.45, 7) is 12.0.